The van der Waals surface area contributed by atoms with E-state index in [1.807, 2.05) is 6.92 Å². The summed E-state index contributed by atoms with van der Waals surface area (Å²) in [6.45, 7) is 2.15. The number of thiophene rings is 1. The van der Waals surface area contributed by atoms with Crippen LogP contribution in [0.15, 0.2) is 28.5 Å². The van der Waals surface area contributed by atoms with Crippen LogP contribution in [0.25, 0.3) is 0 Å². The molecule has 1 aromatic heterocycles. The lowest BCUT2D eigenvalue weighted by atomic mass is 10.3. The van der Waals surface area contributed by atoms with Gasteiger partial charge in [0, 0.05) is 11.4 Å². The Morgan fingerprint density at radius 1 is 1.25 bits per heavy atom. The van der Waals surface area contributed by atoms with Crippen LogP contribution in [0.1, 0.15) is 10.4 Å². The van der Waals surface area contributed by atoms with Crippen LogP contribution in [0.2, 0.25) is 10.0 Å². The first-order chi connectivity index (χ1) is 9.33. The minimum Gasteiger partial charge on any atom is -0.326 e. The third-order valence-corrected chi connectivity index (χ3v) is 6.47. The molecule has 1 heterocycles. The largest absolute Gasteiger partial charge is 0.326 e. The highest BCUT2D eigenvalue weighted by Gasteiger charge is 2.19. The van der Waals surface area contributed by atoms with Gasteiger partial charge < -0.3 is 5.73 Å². The molecule has 8 heteroatoms. The Balaban J connectivity index is 2.32. The number of nitrogens with one attached hydrogen (secondary N) is 1. The summed E-state index contributed by atoms with van der Waals surface area (Å²) in [5.74, 6) is 0. The minimum absolute atomic E-state index is 0.224. The van der Waals surface area contributed by atoms with Crippen LogP contribution in [0.5, 0.6) is 0 Å². The summed E-state index contributed by atoms with van der Waals surface area (Å²) in [6, 6.07) is 6.15. The van der Waals surface area contributed by atoms with Crippen molar-refractivity contribution in [2.24, 2.45) is 5.73 Å². The average molecular weight is 351 g/mol. The zero-order valence-corrected chi connectivity index (χ0v) is 13.6. The predicted octanol–water partition coefficient (Wildman–Crippen LogP) is 3.62. The van der Waals surface area contributed by atoms with E-state index in [-0.39, 0.29) is 9.23 Å². The summed E-state index contributed by atoms with van der Waals surface area (Å²) < 4.78 is 27.2. The summed E-state index contributed by atoms with van der Waals surface area (Å²) in [7, 11) is -3.64. The van der Waals surface area contributed by atoms with Gasteiger partial charge in [0.1, 0.15) is 4.21 Å². The zero-order chi connectivity index (χ0) is 14.9. The minimum atomic E-state index is -3.64. The van der Waals surface area contributed by atoms with Gasteiger partial charge in [-0.15, -0.1) is 11.3 Å². The van der Waals surface area contributed by atoms with Crippen molar-refractivity contribution in [1.82, 2.24) is 0 Å². The second-order valence-electron chi connectivity index (χ2n) is 4.11. The highest BCUT2D eigenvalue weighted by molar-refractivity contribution is 7.94. The van der Waals surface area contributed by atoms with Crippen LogP contribution in [0.3, 0.4) is 0 Å². The standard InChI is InChI=1S/C12H12Cl2N2O2S2/c1-7-4-12(19-11(7)6-15)20(17,18)16-8-2-3-9(13)10(14)5-8/h2-5,16H,6,15H2,1H3. The predicted molar refractivity (Wildman–Crippen MR) is 84.2 cm³/mol. The molecule has 0 saturated heterocycles. The first-order valence-corrected chi connectivity index (χ1v) is 8.66. The van der Waals surface area contributed by atoms with Gasteiger partial charge in [0.05, 0.1) is 15.7 Å². The van der Waals surface area contributed by atoms with E-state index in [0.29, 0.717) is 17.3 Å². The topological polar surface area (TPSA) is 72.2 Å². The molecule has 0 bridgehead atoms. The number of hydrogen-bond donors (Lipinski definition) is 2. The second-order valence-corrected chi connectivity index (χ2v) is 7.97. The summed E-state index contributed by atoms with van der Waals surface area (Å²) in [6.07, 6.45) is 0. The Bertz CT molecular complexity index is 742. The van der Waals surface area contributed by atoms with Crippen LogP contribution in [-0.2, 0) is 16.6 Å². The number of nitrogens with two attached hydrogens (primary N) is 1. The molecule has 0 fully saturated rings. The Kier molecular flexibility index (Phi) is 4.61. The molecule has 0 radical (unpaired) electrons. The van der Waals surface area contributed by atoms with Gasteiger partial charge in [0.2, 0.25) is 0 Å². The van der Waals surface area contributed by atoms with Gasteiger partial charge in [-0.25, -0.2) is 8.42 Å². The summed E-state index contributed by atoms with van der Waals surface area (Å²) >= 11 is 12.8. The monoisotopic (exact) mass is 350 g/mol. The SMILES string of the molecule is Cc1cc(S(=O)(=O)Nc2ccc(Cl)c(Cl)c2)sc1CN. The first kappa shape index (κ1) is 15.6. The van der Waals surface area contributed by atoms with Crippen molar-refractivity contribution in [2.75, 3.05) is 4.72 Å². The lowest BCUT2D eigenvalue weighted by Crippen LogP contribution is -2.11. The third kappa shape index (κ3) is 3.27. The number of benzene rings is 1. The second kappa shape index (κ2) is 5.91. The van der Waals surface area contributed by atoms with Crippen molar-refractivity contribution < 1.29 is 8.42 Å². The molecule has 2 rings (SSSR count). The summed E-state index contributed by atoms with van der Waals surface area (Å²) in [4.78, 5) is 0.847. The highest BCUT2D eigenvalue weighted by Crippen LogP contribution is 2.29. The molecule has 0 spiro atoms. The molecule has 108 valence electrons. The molecular weight excluding hydrogens is 339 g/mol. The van der Waals surface area contributed by atoms with Gasteiger partial charge in [0.25, 0.3) is 10.0 Å². The molecule has 0 saturated carbocycles. The Morgan fingerprint density at radius 3 is 2.50 bits per heavy atom. The van der Waals surface area contributed by atoms with E-state index >= 15 is 0 Å². The third-order valence-electron chi connectivity index (χ3n) is 2.62. The van der Waals surface area contributed by atoms with Gasteiger partial charge in [-0.05, 0) is 36.8 Å². The molecule has 3 N–H and O–H groups in total. The Hall–Kier alpha value is -0.790. The van der Waals surface area contributed by atoms with E-state index in [2.05, 4.69) is 4.72 Å². The van der Waals surface area contributed by atoms with E-state index in [4.69, 9.17) is 28.9 Å². The normalized spacial score (nSPS) is 11.6. The Labute approximate surface area is 131 Å². The highest BCUT2D eigenvalue weighted by atomic mass is 35.5. The van der Waals surface area contributed by atoms with Gasteiger partial charge >= 0.3 is 0 Å². The number of rotatable bonds is 4. The molecule has 0 unspecified atom stereocenters. The molecule has 2 aromatic rings. The van der Waals surface area contributed by atoms with E-state index in [9.17, 15) is 8.42 Å². The van der Waals surface area contributed by atoms with Crippen LogP contribution < -0.4 is 10.5 Å². The maximum Gasteiger partial charge on any atom is 0.271 e. The van der Waals surface area contributed by atoms with Gasteiger partial charge in [-0.1, -0.05) is 23.2 Å². The maximum absolute atomic E-state index is 12.3. The van der Waals surface area contributed by atoms with Crippen molar-refractivity contribution in [3.8, 4) is 0 Å². The number of hydrogen-bond acceptors (Lipinski definition) is 4. The number of halogens is 2. The van der Waals surface area contributed by atoms with Crippen molar-refractivity contribution in [2.45, 2.75) is 17.7 Å². The van der Waals surface area contributed by atoms with Gasteiger partial charge in [-0.2, -0.15) is 0 Å². The molecular formula is C12H12Cl2N2O2S2. The van der Waals surface area contributed by atoms with E-state index in [1.165, 1.54) is 12.1 Å². The van der Waals surface area contributed by atoms with Crippen LogP contribution in [-0.4, -0.2) is 8.42 Å². The number of sulfonamides is 1. The molecule has 20 heavy (non-hydrogen) atoms. The number of aryl methyl sites for hydroxylation is 1. The van der Waals surface area contributed by atoms with Crippen molar-refractivity contribution >= 4 is 50.2 Å². The molecule has 0 aliphatic rings. The molecule has 0 aliphatic heterocycles. The maximum atomic E-state index is 12.3. The van der Waals surface area contributed by atoms with Crippen LogP contribution >= 0.6 is 34.5 Å². The molecule has 1 aromatic carbocycles. The molecule has 0 amide bonds. The average Bonchev–Trinajstić information content (AvgIpc) is 2.76. The molecule has 0 atom stereocenters. The van der Waals surface area contributed by atoms with Crippen LogP contribution in [0.4, 0.5) is 5.69 Å². The fourth-order valence-electron chi connectivity index (χ4n) is 1.59. The molecule has 4 nitrogen and oxygen atoms in total. The van der Waals surface area contributed by atoms with E-state index < -0.39 is 10.0 Å². The lowest BCUT2D eigenvalue weighted by molar-refractivity contribution is 0.603. The van der Waals surface area contributed by atoms with Crippen LogP contribution in [0, 0.1) is 6.92 Å². The fraction of sp³-hybridized carbons (Fsp3) is 0.167. The van der Waals surface area contributed by atoms with Gasteiger partial charge in [-0.3, -0.25) is 4.72 Å². The Morgan fingerprint density at radius 2 is 1.95 bits per heavy atom. The number of anilines is 1. The fourth-order valence-corrected chi connectivity index (χ4v) is 4.40. The molecule has 0 aliphatic carbocycles. The van der Waals surface area contributed by atoms with Crippen molar-refractivity contribution in [1.29, 1.82) is 0 Å². The quantitative estimate of drug-likeness (QED) is 0.884. The smallest absolute Gasteiger partial charge is 0.271 e. The van der Waals surface area contributed by atoms with Crippen molar-refractivity contribution in [3.05, 3.63) is 44.8 Å². The van der Waals surface area contributed by atoms with Crippen molar-refractivity contribution in [3.63, 3.8) is 0 Å². The van der Waals surface area contributed by atoms with E-state index in [1.54, 1.807) is 12.1 Å². The summed E-state index contributed by atoms with van der Waals surface area (Å²) in [5.41, 5.74) is 6.79. The van der Waals surface area contributed by atoms with E-state index in [0.717, 1.165) is 21.8 Å². The first-order valence-electron chi connectivity index (χ1n) is 5.60. The summed E-state index contributed by atoms with van der Waals surface area (Å²) in [5, 5.41) is 0.656. The lowest BCUT2D eigenvalue weighted by Gasteiger charge is -2.07. The zero-order valence-electron chi connectivity index (χ0n) is 10.5. The van der Waals surface area contributed by atoms with Gasteiger partial charge in [0.15, 0.2) is 0 Å².